The van der Waals surface area contributed by atoms with Crippen LogP contribution in [0.5, 0.6) is 0 Å². The Balaban J connectivity index is 2.64. The fourth-order valence-corrected chi connectivity index (χ4v) is 2.12. The standard InChI is InChI=1S/C13H18Br2O2/c1-13(2,17-3)7-6-12(16)9-4-5-10(14)11(15)8-9/h4-5,8,12,16H,6-7H2,1-3H3. The minimum Gasteiger partial charge on any atom is -0.388 e. The molecule has 0 bridgehead atoms. The molecule has 0 aliphatic rings. The lowest BCUT2D eigenvalue weighted by atomic mass is 9.97. The third-order valence-corrected chi connectivity index (χ3v) is 4.78. The molecule has 4 heteroatoms. The van der Waals surface area contributed by atoms with Crippen molar-refractivity contribution in [3.8, 4) is 0 Å². The molecule has 2 nitrogen and oxygen atoms in total. The second-order valence-corrected chi connectivity index (χ2v) is 6.40. The van der Waals surface area contributed by atoms with Crippen LogP contribution in [0.25, 0.3) is 0 Å². The van der Waals surface area contributed by atoms with Gasteiger partial charge in [0, 0.05) is 16.1 Å². The summed E-state index contributed by atoms with van der Waals surface area (Å²) in [7, 11) is 1.70. The van der Waals surface area contributed by atoms with Crippen molar-refractivity contribution in [2.24, 2.45) is 0 Å². The van der Waals surface area contributed by atoms with Crippen LogP contribution in [0, 0.1) is 0 Å². The summed E-state index contributed by atoms with van der Waals surface area (Å²) < 4.78 is 7.29. The van der Waals surface area contributed by atoms with Gasteiger partial charge in [0.25, 0.3) is 0 Å². The summed E-state index contributed by atoms with van der Waals surface area (Å²) in [5.41, 5.74) is 0.736. The Morgan fingerprint density at radius 3 is 2.47 bits per heavy atom. The van der Waals surface area contributed by atoms with E-state index >= 15 is 0 Å². The lowest BCUT2D eigenvalue weighted by Gasteiger charge is -2.24. The van der Waals surface area contributed by atoms with Crippen LogP contribution in [-0.2, 0) is 4.74 Å². The Morgan fingerprint density at radius 2 is 1.94 bits per heavy atom. The Bertz CT molecular complexity index is 378. The Kier molecular flexibility index (Phi) is 5.64. The highest BCUT2D eigenvalue weighted by atomic mass is 79.9. The van der Waals surface area contributed by atoms with Crippen molar-refractivity contribution < 1.29 is 9.84 Å². The topological polar surface area (TPSA) is 29.5 Å². The maximum atomic E-state index is 10.1. The van der Waals surface area contributed by atoms with E-state index in [9.17, 15) is 5.11 Å². The monoisotopic (exact) mass is 364 g/mol. The van der Waals surface area contributed by atoms with Gasteiger partial charge in [0.15, 0.2) is 0 Å². The molecule has 1 atom stereocenters. The van der Waals surface area contributed by atoms with Crippen LogP contribution in [0.1, 0.15) is 38.4 Å². The predicted octanol–water partition coefficient (Wildman–Crippen LogP) is 4.45. The van der Waals surface area contributed by atoms with Gasteiger partial charge in [-0.3, -0.25) is 0 Å². The maximum Gasteiger partial charge on any atom is 0.0791 e. The van der Waals surface area contributed by atoms with Crippen LogP contribution in [0.3, 0.4) is 0 Å². The third-order valence-electron chi connectivity index (χ3n) is 2.90. The molecule has 0 aliphatic carbocycles. The van der Waals surface area contributed by atoms with Crippen LogP contribution in [0.2, 0.25) is 0 Å². The molecule has 17 heavy (non-hydrogen) atoms. The van der Waals surface area contributed by atoms with Crippen molar-refractivity contribution in [3.05, 3.63) is 32.7 Å². The summed E-state index contributed by atoms with van der Waals surface area (Å²) in [6.45, 7) is 4.05. The van der Waals surface area contributed by atoms with Gasteiger partial charge < -0.3 is 9.84 Å². The summed E-state index contributed by atoms with van der Waals surface area (Å²) in [6, 6.07) is 5.80. The lowest BCUT2D eigenvalue weighted by Crippen LogP contribution is -2.23. The molecule has 0 aromatic heterocycles. The number of methoxy groups -OCH3 is 1. The average molecular weight is 366 g/mol. The van der Waals surface area contributed by atoms with Gasteiger partial charge in [-0.05, 0) is 76.2 Å². The fourth-order valence-electron chi connectivity index (χ4n) is 1.47. The number of rotatable bonds is 5. The molecule has 1 aromatic carbocycles. The predicted molar refractivity (Wildman–Crippen MR) is 77.1 cm³/mol. The van der Waals surface area contributed by atoms with Gasteiger partial charge in [-0.1, -0.05) is 6.07 Å². The van der Waals surface area contributed by atoms with Crippen LogP contribution in [0.4, 0.5) is 0 Å². The molecule has 1 aromatic rings. The highest BCUT2D eigenvalue weighted by Gasteiger charge is 2.19. The molecule has 0 heterocycles. The Labute approximate surface area is 120 Å². The summed E-state index contributed by atoms with van der Waals surface area (Å²) in [6.07, 6.45) is 1.06. The zero-order chi connectivity index (χ0) is 13.1. The zero-order valence-electron chi connectivity index (χ0n) is 10.3. The SMILES string of the molecule is COC(C)(C)CCC(O)c1ccc(Br)c(Br)c1. The normalized spacial score (nSPS) is 13.8. The second kappa shape index (κ2) is 6.32. The molecular weight excluding hydrogens is 348 g/mol. The number of halogens is 2. The number of benzene rings is 1. The van der Waals surface area contributed by atoms with Crippen molar-refractivity contribution in [2.45, 2.75) is 38.4 Å². The van der Waals surface area contributed by atoms with Gasteiger partial charge in [0.05, 0.1) is 11.7 Å². The molecule has 1 rings (SSSR count). The molecule has 0 aliphatic heterocycles. The fraction of sp³-hybridized carbons (Fsp3) is 0.538. The lowest BCUT2D eigenvalue weighted by molar-refractivity contribution is 0.00278. The third kappa shape index (κ3) is 4.70. The summed E-state index contributed by atoms with van der Waals surface area (Å²) in [5, 5.41) is 10.1. The molecule has 0 saturated heterocycles. The van der Waals surface area contributed by atoms with Crippen LogP contribution >= 0.6 is 31.9 Å². The van der Waals surface area contributed by atoms with Crippen molar-refractivity contribution >= 4 is 31.9 Å². The summed E-state index contributed by atoms with van der Waals surface area (Å²) in [4.78, 5) is 0. The van der Waals surface area contributed by atoms with E-state index in [0.29, 0.717) is 6.42 Å². The number of hydrogen-bond acceptors (Lipinski definition) is 2. The van der Waals surface area contributed by atoms with E-state index in [2.05, 4.69) is 31.9 Å². The first-order valence-electron chi connectivity index (χ1n) is 5.54. The van der Waals surface area contributed by atoms with Gasteiger partial charge in [-0.15, -0.1) is 0 Å². The van der Waals surface area contributed by atoms with Crippen molar-refractivity contribution in [3.63, 3.8) is 0 Å². The van der Waals surface area contributed by atoms with Gasteiger partial charge in [-0.2, -0.15) is 0 Å². The van der Waals surface area contributed by atoms with E-state index in [1.54, 1.807) is 7.11 Å². The average Bonchev–Trinajstić information content (AvgIpc) is 2.30. The number of hydrogen-bond donors (Lipinski definition) is 1. The van der Waals surface area contributed by atoms with E-state index in [0.717, 1.165) is 20.9 Å². The van der Waals surface area contributed by atoms with E-state index in [1.165, 1.54) is 0 Å². The quantitative estimate of drug-likeness (QED) is 0.835. The first kappa shape index (κ1) is 15.2. The van der Waals surface area contributed by atoms with Crippen LogP contribution in [0.15, 0.2) is 27.1 Å². The molecule has 0 fully saturated rings. The zero-order valence-corrected chi connectivity index (χ0v) is 13.5. The summed E-state index contributed by atoms with van der Waals surface area (Å²) in [5.74, 6) is 0. The van der Waals surface area contributed by atoms with E-state index in [4.69, 9.17) is 4.74 Å². The first-order valence-corrected chi connectivity index (χ1v) is 7.12. The minimum absolute atomic E-state index is 0.187. The van der Waals surface area contributed by atoms with Gasteiger partial charge >= 0.3 is 0 Å². The van der Waals surface area contributed by atoms with Crippen LogP contribution in [-0.4, -0.2) is 17.8 Å². The maximum absolute atomic E-state index is 10.1. The molecule has 96 valence electrons. The van der Waals surface area contributed by atoms with Crippen molar-refractivity contribution in [1.82, 2.24) is 0 Å². The van der Waals surface area contributed by atoms with Crippen molar-refractivity contribution in [2.75, 3.05) is 7.11 Å². The van der Waals surface area contributed by atoms with E-state index in [1.807, 2.05) is 32.0 Å². The molecule has 0 spiro atoms. The number of aliphatic hydroxyl groups is 1. The smallest absolute Gasteiger partial charge is 0.0791 e. The number of ether oxygens (including phenoxy) is 1. The van der Waals surface area contributed by atoms with Gasteiger partial charge in [0.1, 0.15) is 0 Å². The largest absolute Gasteiger partial charge is 0.388 e. The first-order chi connectivity index (χ1) is 7.85. The molecule has 0 radical (unpaired) electrons. The second-order valence-electron chi connectivity index (χ2n) is 4.69. The van der Waals surface area contributed by atoms with Crippen molar-refractivity contribution in [1.29, 1.82) is 0 Å². The van der Waals surface area contributed by atoms with E-state index < -0.39 is 6.10 Å². The molecule has 0 amide bonds. The van der Waals surface area contributed by atoms with Crippen LogP contribution < -0.4 is 0 Å². The molecule has 0 saturated carbocycles. The summed E-state index contributed by atoms with van der Waals surface area (Å²) >= 11 is 6.85. The molecular formula is C13H18Br2O2. The highest BCUT2D eigenvalue weighted by Crippen LogP contribution is 2.29. The highest BCUT2D eigenvalue weighted by molar-refractivity contribution is 9.13. The molecule has 1 N–H and O–H groups in total. The Morgan fingerprint density at radius 1 is 1.29 bits per heavy atom. The molecule has 1 unspecified atom stereocenters. The minimum atomic E-state index is -0.450. The number of aliphatic hydroxyl groups excluding tert-OH is 1. The van der Waals surface area contributed by atoms with Gasteiger partial charge in [0.2, 0.25) is 0 Å². The van der Waals surface area contributed by atoms with Gasteiger partial charge in [-0.25, -0.2) is 0 Å². The Hall–Kier alpha value is 0.1000. The van der Waals surface area contributed by atoms with E-state index in [-0.39, 0.29) is 5.60 Å².